The molecule has 0 aromatic heterocycles. The van der Waals surface area contributed by atoms with E-state index < -0.39 is 6.16 Å². The van der Waals surface area contributed by atoms with Crippen LogP contribution in [0.1, 0.15) is 117 Å². The molecule has 0 saturated carbocycles. The lowest BCUT2D eigenvalue weighted by Crippen LogP contribution is -2.09. The van der Waals surface area contributed by atoms with Gasteiger partial charge in [0.15, 0.2) is 0 Å². The molecule has 3 heteroatoms. The number of unbranched alkanes of at least 4 members (excludes halogenated alkanes) is 13. The molecule has 0 N–H and O–H groups in total. The van der Waals surface area contributed by atoms with E-state index >= 15 is 0 Å². The first kappa shape index (κ1) is 25.0. The van der Waals surface area contributed by atoms with Gasteiger partial charge in [-0.15, -0.1) is 0 Å². The van der Waals surface area contributed by atoms with Crippen molar-refractivity contribution < 1.29 is 14.3 Å². The molecule has 0 aromatic carbocycles. The van der Waals surface area contributed by atoms with Crippen LogP contribution in [0, 0.1) is 0 Å². The van der Waals surface area contributed by atoms with E-state index in [2.05, 4.69) is 26.0 Å². The smallest absolute Gasteiger partial charge is 0.434 e. The Balaban J connectivity index is 3.14. The highest BCUT2D eigenvalue weighted by Gasteiger charge is 2.02. The van der Waals surface area contributed by atoms with Crippen LogP contribution in [0.15, 0.2) is 12.2 Å². The van der Waals surface area contributed by atoms with E-state index in [4.69, 9.17) is 9.47 Å². The second-order valence-corrected chi connectivity index (χ2v) is 7.24. The minimum Gasteiger partial charge on any atom is -0.434 e. The first-order valence-corrected chi connectivity index (χ1v) is 11.3. The van der Waals surface area contributed by atoms with Crippen molar-refractivity contribution in [2.24, 2.45) is 0 Å². The lowest BCUT2D eigenvalue weighted by atomic mass is 10.1. The lowest BCUT2D eigenvalue weighted by molar-refractivity contribution is 0.0532. The van der Waals surface area contributed by atoms with Crippen molar-refractivity contribution in [3.8, 4) is 0 Å². The van der Waals surface area contributed by atoms with Crippen molar-refractivity contribution in [3.63, 3.8) is 0 Å². The minimum atomic E-state index is -0.508. The average Bonchev–Trinajstić information content (AvgIpc) is 2.64. The zero-order chi connectivity index (χ0) is 19.1. The molecule has 0 atom stereocenters. The van der Waals surface area contributed by atoms with Crippen LogP contribution in [0.2, 0.25) is 0 Å². The predicted octanol–water partition coefficient (Wildman–Crippen LogP) is 7.98. The Morgan fingerprint density at radius 1 is 0.577 bits per heavy atom. The monoisotopic (exact) mass is 368 g/mol. The highest BCUT2D eigenvalue weighted by atomic mass is 16.7. The summed E-state index contributed by atoms with van der Waals surface area (Å²) in [7, 11) is 0. The Kier molecular flexibility index (Phi) is 21.2. The van der Waals surface area contributed by atoms with Gasteiger partial charge in [0, 0.05) is 0 Å². The SMILES string of the molecule is CCCCCCCCC=CCCCCCCCCOC(=O)OCCCC. The van der Waals surface area contributed by atoms with Crippen LogP contribution < -0.4 is 0 Å². The Hall–Kier alpha value is -0.990. The van der Waals surface area contributed by atoms with E-state index in [0.29, 0.717) is 13.2 Å². The number of carbonyl (C=O) groups excluding carboxylic acids is 1. The Bertz CT molecular complexity index is 313. The van der Waals surface area contributed by atoms with Crippen LogP contribution in [0.4, 0.5) is 4.79 Å². The van der Waals surface area contributed by atoms with Crippen LogP contribution in [-0.4, -0.2) is 19.4 Å². The molecular weight excluding hydrogens is 324 g/mol. The molecule has 0 saturated heterocycles. The van der Waals surface area contributed by atoms with Crippen molar-refractivity contribution in [3.05, 3.63) is 12.2 Å². The molecule has 26 heavy (non-hydrogen) atoms. The van der Waals surface area contributed by atoms with Crippen molar-refractivity contribution in [2.45, 2.75) is 117 Å². The lowest BCUT2D eigenvalue weighted by Gasteiger charge is -2.05. The van der Waals surface area contributed by atoms with Gasteiger partial charge in [0.1, 0.15) is 0 Å². The standard InChI is InChI=1S/C23H44O3/c1-3-5-7-8-9-10-11-12-13-14-15-16-17-18-19-20-22-26-23(24)25-21-6-4-2/h12-13H,3-11,14-22H2,1-2H3. The summed E-state index contributed by atoms with van der Waals surface area (Å²) >= 11 is 0. The highest BCUT2D eigenvalue weighted by molar-refractivity contribution is 5.59. The summed E-state index contributed by atoms with van der Waals surface area (Å²) < 4.78 is 9.98. The van der Waals surface area contributed by atoms with Gasteiger partial charge in [0.05, 0.1) is 13.2 Å². The van der Waals surface area contributed by atoms with Gasteiger partial charge in [-0.25, -0.2) is 4.79 Å². The van der Waals surface area contributed by atoms with E-state index in [-0.39, 0.29) is 0 Å². The van der Waals surface area contributed by atoms with Gasteiger partial charge in [0.2, 0.25) is 0 Å². The third kappa shape index (κ3) is 21.1. The first-order chi connectivity index (χ1) is 12.8. The molecule has 0 aliphatic heterocycles. The molecule has 154 valence electrons. The predicted molar refractivity (Wildman–Crippen MR) is 112 cm³/mol. The summed E-state index contributed by atoms with van der Waals surface area (Å²) in [6.07, 6.45) is 24.2. The van der Waals surface area contributed by atoms with Gasteiger partial charge in [0.25, 0.3) is 0 Å². The maximum Gasteiger partial charge on any atom is 0.508 e. The number of hydrogen-bond acceptors (Lipinski definition) is 3. The maximum absolute atomic E-state index is 11.2. The summed E-state index contributed by atoms with van der Waals surface area (Å²) in [6, 6.07) is 0. The molecule has 0 unspecified atom stereocenters. The van der Waals surface area contributed by atoms with Crippen molar-refractivity contribution in [2.75, 3.05) is 13.2 Å². The fourth-order valence-electron chi connectivity index (χ4n) is 2.85. The van der Waals surface area contributed by atoms with E-state index in [1.165, 1.54) is 77.0 Å². The number of allylic oxidation sites excluding steroid dienone is 2. The average molecular weight is 369 g/mol. The van der Waals surface area contributed by atoms with Crippen LogP contribution in [0.3, 0.4) is 0 Å². The van der Waals surface area contributed by atoms with Crippen molar-refractivity contribution in [1.82, 2.24) is 0 Å². The molecule has 0 fully saturated rings. The zero-order valence-electron chi connectivity index (χ0n) is 17.6. The summed E-state index contributed by atoms with van der Waals surface area (Å²) in [5.74, 6) is 0. The van der Waals surface area contributed by atoms with E-state index in [1.807, 2.05) is 0 Å². The van der Waals surface area contributed by atoms with Crippen LogP contribution in [0.5, 0.6) is 0 Å². The number of carbonyl (C=O) groups is 1. The minimum absolute atomic E-state index is 0.475. The first-order valence-electron chi connectivity index (χ1n) is 11.3. The van der Waals surface area contributed by atoms with Gasteiger partial charge in [-0.05, 0) is 38.5 Å². The van der Waals surface area contributed by atoms with Gasteiger partial charge in [-0.3, -0.25) is 0 Å². The molecule has 3 nitrogen and oxygen atoms in total. The van der Waals surface area contributed by atoms with Crippen molar-refractivity contribution in [1.29, 1.82) is 0 Å². The molecular formula is C23H44O3. The maximum atomic E-state index is 11.2. The zero-order valence-corrected chi connectivity index (χ0v) is 17.6. The second-order valence-electron chi connectivity index (χ2n) is 7.24. The molecule has 0 spiro atoms. The van der Waals surface area contributed by atoms with Gasteiger partial charge in [-0.1, -0.05) is 90.2 Å². The molecule has 0 heterocycles. The number of ether oxygens (including phenoxy) is 2. The van der Waals surface area contributed by atoms with Gasteiger partial charge < -0.3 is 9.47 Å². The number of hydrogen-bond donors (Lipinski definition) is 0. The summed E-state index contributed by atoms with van der Waals surface area (Å²) in [6.45, 7) is 5.31. The van der Waals surface area contributed by atoms with Gasteiger partial charge in [-0.2, -0.15) is 0 Å². The summed E-state index contributed by atoms with van der Waals surface area (Å²) in [5, 5.41) is 0. The third-order valence-corrected chi connectivity index (χ3v) is 4.59. The van der Waals surface area contributed by atoms with E-state index in [0.717, 1.165) is 25.7 Å². The van der Waals surface area contributed by atoms with Gasteiger partial charge >= 0.3 is 6.16 Å². The fraction of sp³-hybridized carbons (Fsp3) is 0.870. The topological polar surface area (TPSA) is 35.5 Å². The van der Waals surface area contributed by atoms with E-state index in [9.17, 15) is 4.79 Å². The molecule has 0 aliphatic carbocycles. The van der Waals surface area contributed by atoms with Crippen LogP contribution >= 0.6 is 0 Å². The Morgan fingerprint density at radius 2 is 1.00 bits per heavy atom. The fourth-order valence-corrected chi connectivity index (χ4v) is 2.85. The highest BCUT2D eigenvalue weighted by Crippen LogP contribution is 2.10. The quantitative estimate of drug-likeness (QED) is 0.132. The molecule has 0 aliphatic rings. The largest absolute Gasteiger partial charge is 0.508 e. The van der Waals surface area contributed by atoms with E-state index in [1.54, 1.807) is 0 Å². The van der Waals surface area contributed by atoms with Crippen LogP contribution in [-0.2, 0) is 9.47 Å². The molecule has 0 radical (unpaired) electrons. The molecule has 0 rings (SSSR count). The summed E-state index contributed by atoms with van der Waals surface area (Å²) in [4.78, 5) is 11.2. The van der Waals surface area contributed by atoms with Crippen LogP contribution in [0.25, 0.3) is 0 Å². The second kappa shape index (κ2) is 22.1. The normalized spacial score (nSPS) is 11.2. The molecule has 0 bridgehead atoms. The molecule has 0 aromatic rings. The molecule has 0 amide bonds. The Morgan fingerprint density at radius 3 is 1.54 bits per heavy atom. The van der Waals surface area contributed by atoms with Crippen molar-refractivity contribution >= 4 is 6.16 Å². The third-order valence-electron chi connectivity index (χ3n) is 4.59. The number of rotatable bonds is 19. The summed E-state index contributed by atoms with van der Waals surface area (Å²) in [5.41, 5.74) is 0. The Labute approximate surface area is 162 Å².